The first-order chi connectivity index (χ1) is 12.1. The summed E-state index contributed by atoms with van der Waals surface area (Å²) in [6.45, 7) is 15.6. The van der Waals surface area contributed by atoms with Crippen LogP contribution in [-0.2, 0) is 0 Å². The Morgan fingerprint density at radius 1 is 0.720 bits per heavy atom. The fraction of sp³-hybridized carbons (Fsp3) is 0. The molecule has 0 bridgehead atoms. The molecule has 124 valence electrons. The standard InChI is InChI=1S/C24H23N/c1-5-6-10-19(2)20(3)13-14-21(4)25-24-17-15-23(16-18-24)22-11-8-7-9-12-22/h5-18,25H,1-4H2/b10-6-,14-13-. The van der Waals surface area contributed by atoms with Gasteiger partial charge in [-0.3, -0.25) is 0 Å². The first kappa shape index (κ1) is 18.0. The van der Waals surface area contributed by atoms with Gasteiger partial charge in [0.05, 0.1) is 0 Å². The van der Waals surface area contributed by atoms with Crippen LogP contribution in [0.2, 0.25) is 0 Å². The lowest BCUT2D eigenvalue weighted by Crippen LogP contribution is -1.95. The highest BCUT2D eigenvalue weighted by Gasteiger charge is 1.98. The van der Waals surface area contributed by atoms with Crippen LogP contribution in [0.15, 0.2) is 128 Å². The summed E-state index contributed by atoms with van der Waals surface area (Å²) in [5, 5.41) is 3.27. The van der Waals surface area contributed by atoms with Crippen molar-refractivity contribution in [3.8, 4) is 11.1 Å². The van der Waals surface area contributed by atoms with Crippen LogP contribution in [0, 0.1) is 0 Å². The Bertz CT molecular complexity index is 818. The third kappa shape index (κ3) is 5.67. The maximum Gasteiger partial charge on any atom is 0.0384 e. The van der Waals surface area contributed by atoms with E-state index in [9.17, 15) is 0 Å². The number of hydrogen-bond donors (Lipinski definition) is 1. The number of hydrogen-bond acceptors (Lipinski definition) is 1. The first-order valence-corrected chi connectivity index (χ1v) is 8.07. The summed E-state index contributed by atoms with van der Waals surface area (Å²) >= 11 is 0. The molecule has 0 fully saturated rings. The molecule has 0 saturated heterocycles. The average molecular weight is 325 g/mol. The molecular weight excluding hydrogens is 302 g/mol. The Kier molecular flexibility index (Phi) is 6.56. The van der Waals surface area contributed by atoms with Crippen LogP contribution in [-0.4, -0.2) is 0 Å². The first-order valence-electron chi connectivity index (χ1n) is 8.07. The molecule has 2 aromatic carbocycles. The zero-order valence-electron chi connectivity index (χ0n) is 14.4. The fourth-order valence-electron chi connectivity index (χ4n) is 2.20. The Balaban J connectivity index is 1.95. The summed E-state index contributed by atoms with van der Waals surface area (Å²) in [5.74, 6) is 0. The number of benzene rings is 2. The molecule has 0 saturated carbocycles. The van der Waals surface area contributed by atoms with Gasteiger partial charge in [-0.1, -0.05) is 93.1 Å². The fourth-order valence-corrected chi connectivity index (χ4v) is 2.20. The molecule has 0 radical (unpaired) electrons. The van der Waals surface area contributed by atoms with E-state index in [1.807, 2.05) is 54.6 Å². The predicted octanol–water partition coefficient (Wildman–Crippen LogP) is 6.69. The zero-order valence-corrected chi connectivity index (χ0v) is 14.4. The quantitative estimate of drug-likeness (QED) is 0.533. The van der Waals surface area contributed by atoms with E-state index in [1.165, 1.54) is 11.1 Å². The van der Waals surface area contributed by atoms with Crippen LogP contribution in [0.4, 0.5) is 5.69 Å². The normalized spacial score (nSPS) is 10.7. The van der Waals surface area contributed by atoms with E-state index in [4.69, 9.17) is 0 Å². The lowest BCUT2D eigenvalue weighted by molar-refractivity contribution is 1.48. The van der Waals surface area contributed by atoms with Crippen molar-refractivity contribution in [3.63, 3.8) is 0 Å². The van der Waals surface area contributed by atoms with E-state index in [-0.39, 0.29) is 0 Å². The maximum absolute atomic E-state index is 4.02. The molecule has 0 aliphatic heterocycles. The Labute approximate surface area is 150 Å². The van der Waals surface area contributed by atoms with Crippen molar-refractivity contribution in [2.45, 2.75) is 0 Å². The Morgan fingerprint density at radius 3 is 1.96 bits per heavy atom. The monoisotopic (exact) mass is 325 g/mol. The van der Waals surface area contributed by atoms with Crippen molar-refractivity contribution >= 4 is 5.69 Å². The second-order valence-electron chi connectivity index (χ2n) is 5.57. The smallest absolute Gasteiger partial charge is 0.0384 e. The summed E-state index contributed by atoms with van der Waals surface area (Å²) in [4.78, 5) is 0. The lowest BCUT2D eigenvalue weighted by Gasteiger charge is -2.08. The van der Waals surface area contributed by atoms with E-state index in [1.54, 1.807) is 6.08 Å². The Hall–Kier alpha value is -3.32. The molecule has 0 aliphatic carbocycles. The second kappa shape index (κ2) is 9.09. The minimum atomic E-state index is 0.786. The van der Waals surface area contributed by atoms with Gasteiger partial charge in [-0.15, -0.1) is 0 Å². The SMILES string of the molecule is C=C/C=C\C(=C)C(=C)/C=C\C(=C)Nc1ccc(-c2ccccc2)cc1. The largest absolute Gasteiger partial charge is 0.356 e. The van der Waals surface area contributed by atoms with Crippen molar-refractivity contribution in [1.82, 2.24) is 0 Å². The van der Waals surface area contributed by atoms with Gasteiger partial charge in [0.15, 0.2) is 0 Å². The van der Waals surface area contributed by atoms with Gasteiger partial charge in [0.1, 0.15) is 0 Å². The molecule has 0 unspecified atom stereocenters. The van der Waals surface area contributed by atoms with E-state index in [0.29, 0.717) is 0 Å². The van der Waals surface area contributed by atoms with Gasteiger partial charge in [-0.05, 0) is 40.5 Å². The molecule has 0 spiro atoms. The number of rotatable bonds is 8. The molecule has 1 heteroatoms. The summed E-state index contributed by atoms with van der Waals surface area (Å²) in [5.41, 5.74) is 5.84. The highest BCUT2D eigenvalue weighted by Crippen LogP contribution is 2.21. The summed E-state index contributed by atoms with van der Waals surface area (Å²) in [6.07, 6.45) is 9.20. The summed E-state index contributed by atoms with van der Waals surface area (Å²) in [6, 6.07) is 18.6. The molecule has 1 nitrogen and oxygen atoms in total. The summed E-state index contributed by atoms with van der Waals surface area (Å²) in [7, 11) is 0. The van der Waals surface area contributed by atoms with Crippen LogP contribution < -0.4 is 5.32 Å². The molecule has 2 aromatic rings. The molecule has 1 N–H and O–H groups in total. The second-order valence-corrected chi connectivity index (χ2v) is 5.57. The predicted molar refractivity (Wildman–Crippen MR) is 111 cm³/mol. The van der Waals surface area contributed by atoms with Crippen LogP contribution >= 0.6 is 0 Å². The number of nitrogens with one attached hydrogen (secondary N) is 1. The van der Waals surface area contributed by atoms with Crippen molar-refractivity contribution < 1.29 is 0 Å². The molecule has 2 rings (SSSR count). The molecule has 0 atom stereocenters. The topological polar surface area (TPSA) is 12.0 Å². The van der Waals surface area contributed by atoms with Crippen LogP contribution in [0.25, 0.3) is 11.1 Å². The third-order valence-corrected chi connectivity index (χ3v) is 3.63. The highest BCUT2D eigenvalue weighted by atomic mass is 14.9. The van der Waals surface area contributed by atoms with E-state index < -0.39 is 0 Å². The number of allylic oxidation sites excluding steroid dienone is 7. The van der Waals surface area contributed by atoms with Crippen molar-refractivity contribution in [2.24, 2.45) is 0 Å². The van der Waals surface area contributed by atoms with Crippen molar-refractivity contribution in [2.75, 3.05) is 5.32 Å². The van der Waals surface area contributed by atoms with E-state index in [0.717, 1.165) is 22.5 Å². The van der Waals surface area contributed by atoms with Gasteiger partial charge in [-0.2, -0.15) is 0 Å². The molecule has 0 heterocycles. The minimum absolute atomic E-state index is 0.786. The van der Waals surface area contributed by atoms with Gasteiger partial charge in [-0.25, -0.2) is 0 Å². The highest BCUT2D eigenvalue weighted by molar-refractivity contribution is 5.66. The van der Waals surface area contributed by atoms with Crippen LogP contribution in [0.3, 0.4) is 0 Å². The van der Waals surface area contributed by atoms with E-state index >= 15 is 0 Å². The van der Waals surface area contributed by atoms with E-state index in [2.05, 4.69) is 55.9 Å². The van der Waals surface area contributed by atoms with Gasteiger partial charge < -0.3 is 5.32 Å². The third-order valence-electron chi connectivity index (χ3n) is 3.63. The lowest BCUT2D eigenvalue weighted by atomic mass is 10.1. The zero-order chi connectivity index (χ0) is 18.1. The molecule has 0 aromatic heterocycles. The minimum Gasteiger partial charge on any atom is -0.356 e. The van der Waals surface area contributed by atoms with Crippen molar-refractivity contribution in [1.29, 1.82) is 0 Å². The molecular formula is C24H23N. The Morgan fingerprint density at radius 2 is 1.32 bits per heavy atom. The maximum atomic E-state index is 4.02. The van der Waals surface area contributed by atoms with Crippen LogP contribution in [0.5, 0.6) is 0 Å². The number of anilines is 1. The van der Waals surface area contributed by atoms with Gasteiger partial charge in [0, 0.05) is 11.4 Å². The molecule has 0 amide bonds. The summed E-state index contributed by atoms with van der Waals surface area (Å²) < 4.78 is 0. The van der Waals surface area contributed by atoms with Gasteiger partial charge in [0.2, 0.25) is 0 Å². The van der Waals surface area contributed by atoms with Gasteiger partial charge in [0.25, 0.3) is 0 Å². The van der Waals surface area contributed by atoms with Gasteiger partial charge >= 0.3 is 0 Å². The van der Waals surface area contributed by atoms with Crippen LogP contribution in [0.1, 0.15) is 0 Å². The van der Waals surface area contributed by atoms with Crippen molar-refractivity contribution in [3.05, 3.63) is 128 Å². The average Bonchev–Trinajstić information content (AvgIpc) is 2.65. The molecule has 0 aliphatic rings. The molecule has 25 heavy (non-hydrogen) atoms.